The van der Waals surface area contributed by atoms with E-state index in [0.717, 1.165) is 220 Å². The van der Waals surface area contributed by atoms with Gasteiger partial charge in [0.25, 0.3) is 6.33 Å². The molecule has 0 fully saturated rings. The van der Waals surface area contributed by atoms with Crippen LogP contribution in [-0.2, 0) is 35.2 Å². The average Bonchev–Trinajstić information content (AvgIpc) is 1.62. The van der Waals surface area contributed by atoms with Gasteiger partial charge in [0.1, 0.15) is 73.5 Å². The van der Waals surface area contributed by atoms with Crippen LogP contribution in [0.15, 0.2) is 345 Å². The Hall–Kier alpha value is -16.1. The second kappa shape index (κ2) is 31.1. The Labute approximate surface area is 717 Å². The molecule has 0 unspecified atom stereocenters. The van der Waals surface area contributed by atoms with Crippen molar-refractivity contribution in [2.45, 2.75) is 34.6 Å². The van der Waals surface area contributed by atoms with Gasteiger partial charge in [-0.3, -0.25) is 15.0 Å². The van der Waals surface area contributed by atoms with E-state index in [9.17, 15) is 0 Å². The molecule has 0 atom stereocenters. The first-order valence-corrected chi connectivity index (χ1v) is 41.6. The number of aryl methyl sites for hydroxylation is 10. The van der Waals surface area contributed by atoms with Crippen LogP contribution in [0.1, 0.15) is 27.8 Å². The Morgan fingerprint density at radius 2 is 0.624 bits per heavy atom. The fourth-order valence-corrected chi connectivity index (χ4v) is 17.7. The van der Waals surface area contributed by atoms with E-state index < -0.39 is 0 Å². The van der Waals surface area contributed by atoms with Gasteiger partial charge >= 0.3 is 0 Å². The van der Waals surface area contributed by atoms with Crippen molar-refractivity contribution in [2.24, 2.45) is 35.2 Å². The fraction of sp³-hybridized carbons (Fsp3) is 0.0926. The summed E-state index contributed by atoms with van der Waals surface area (Å²) in [6.45, 7) is 10.6. The highest BCUT2D eigenvalue weighted by Crippen LogP contribution is 2.44. The summed E-state index contributed by atoms with van der Waals surface area (Å²) in [5, 5.41) is 16.5. The SMILES string of the molecule is Cc1ccc2c(oc3cc4ccccc4nc32)c1-c1cccc[n+]1C.Cc1ccc2c(oc3cc4cccnc4cc32)c1-c1cccc[n+]1C.Cc1ccc2c(oc3cc4ccncc4cc32)c1-c1cccc[n+]1C.Cc1ccc2c(oc3nc4ccccc4cc32)c1-c1ccnc[n+]1C.Cc1ccc2c(oc3nc4ccccc4cc32)c1-c1cncc[n+]1C. The minimum atomic E-state index is 0.673. The van der Waals surface area contributed by atoms with Gasteiger partial charge in [0.2, 0.25) is 34.2 Å². The second-order valence-electron chi connectivity index (χ2n) is 32.1. The molecule has 0 aliphatic heterocycles. The third kappa shape index (κ3) is 13.5. The van der Waals surface area contributed by atoms with Crippen molar-refractivity contribution in [3.63, 3.8) is 0 Å². The van der Waals surface area contributed by atoms with Crippen LogP contribution in [0.4, 0.5) is 0 Å². The molecular weight excluding hydrogens is 1550 g/mol. The lowest BCUT2D eigenvalue weighted by Gasteiger charge is -2.06. The molecule has 0 amide bonds. The van der Waals surface area contributed by atoms with Gasteiger partial charge in [0.05, 0.1) is 69.3 Å². The van der Waals surface area contributed by atoms with Crippen LogP contribution in [0.3, 0.4) is 0 Å². The molecule has 15 aromatic heterocycles. The molecule has 25 rings (SSSR count). The lowest BCUT2D eigenvalue weighted by molar-refractivity contribution is -0.663. The van der Waals surface area contributed by atoms with Gasteiger partial charge in [-0.2, -0.15) is 4.57 Å². The van der Waals surface area contributed by atoms with Crippen molar-refractivity contribution >= 4 is 164 Å². The van der Waals surface area contributed by atoms with E-state index in [1.165, 1.54) is 16.7 Å². The van der Waals surface area contributed by atoms with E-state index >= 15 is 0 Å². The molecular formula is C108H83N12O5+5. The number of aromatic nitrogens is 12. The molecule has 0 bridgehead atoms. The summed E-state index contributed by atoms with van der Waals surface area (Å²) < 4.78 is 41.9. The summed E-state index contributed by atoms with van der Waals surface area (Å²) in [7, 11) is 10.2. The zero-order chi connectivity index (χ0) is 84.8. The molecule has 17 nitrogen and oxygen atoms in total. The topological polar surface area (TPSA) is 175 Å². The highest BCUT2D eigenvalue weighted by Gasteiger charge is 2.27. The Morgan fingerprint density at radius 1 is 0.240 bits per heavy atom. The molecule has 0 saturated heterocycles. The molecule has 25 aromatic rings. The lowest BCUT2D eigenvalue weighted by Crippen LogP contribution is -2.31. The van der Waals surface area contributed by atoms with Crippen LogP contribution in [-0.4, -0.2) is 34.9 Å². The van der Waals surface area contributed by atoms with Gasteiger partial charge in [0, 0.05) is 136 Å². The van der Waals surface area contributed by atoms with Crippen molar-refractivity contribution < 1.29 is 44.9 Å². The highest BCUT2D eigenvalue weighted by atomic mass is 16.4. The summed E-state index contributed by atoms with van der Waals surface area (Å²) >= 11 is 0. The van der Waals surface area contributed by atoms with Crippen LogP contribution < -0.4 is 22.8 Å². The summed E-state index contributed by atoms with van der Waals surface area (Å²) in [5.74, 6) is 0. The zero-order valence-electron chi connectivity index (χ0n) is 70.5. The van der Waals surface area contributed by atoms with Crippen molar-refractivity contribution in [3.05, 3.63) is 351 Å². The van der Waals surface area contributed by atoms with E-state index in [1.54, 1.807) is 6.20 Å². The van der Waals surface area contributed by atoms with Crippen molar-refractivity contribution in [2.75, 3.05) is 0 Å². The third-order valence-electron chi connectivity index (χ3n) is 24.1. The molecule has 0 aliphatic rings. The molecule has 17 heteroatoms. The predicted molar refractivity (Wildman–Crippen MR) is 497 cm³/mol. The van der Waals surface area contributed by atoms with E-state index in [-0.39, 0.29) is 0 Å². The average molecular weight is 1630 g/mol. The first kappa shape index (κ1) is 76.3. The van der Waals surface area contributed by atoms with Gasteiger partial charge in [0.15, 0.2) is 41.5 Å². The lowest BCUT2D eigenvalue weighted by atomic mass is 10.00. The smallest absolute Gasteiger partial charge is 0.286 e. The summed E-state index contributed by atoms with van der Waals surface area (Å²) in [6, 6.07) is 87.5. The van der Waals surface area contributed by atoms with Crippen molar-refractivity contribution in [1.82, 2.24) is 34.9 Å². The Balaban J connectivity index is 0.0000000956. The van der Waals surface area contributed by atoms with Gasteiger partial charge < -0.3 is 22.1 Å². The van der Waals surface area contributed by atoms with Gasteiger partial charge in [-0.15, -0.1) is 0 Å². The number of pyridine rings is 8. The molecule has 10 aromatic carbocycles. The number of hydrogen-bond acceptors (Lipinski definition) is 12. The number of benzene rings is 10. The van der Waals surface area contributed by atoms with Crippen molar-refractivity contribution in [3.8, 4) is 56.3 Å². The number of rotatable bonds is 5. The maximum absolute atomic E-state index is 6.35. The van der Waals surface area contributed by atoms with Crippen molar-refractivity contribution in [1.29, 1.82) is 0 Å². The predicted octanol–water partition coefficient (Wildman–Crippen LogP) is 23.5. The number of nitrogens with zero attached hydrogens (tertiary/aromatic N) is 12. The molecule has 600 valence electrons. The second-order valence-corrected chi connectivity index (χ2v) is 32.1. The van der Waals surface area contributed by atoms with E-state index in [2.05, 4.69) is 276 Å². The van der Waals surface area contributed by atoms with Crippen LogP contribution in [0.25, 0.3) is 221 Å². The van der Waals surface area contributed by atoms with Crippen LogP contribution in [0.2, 0.25) is 0 Å². The number of fused-ring (bicyclic) bond motifs is 20. The third-order valence-corrected chi connectivity index (χ3v) is 24.1. The largest absolute Gasteiger partial charge is 0.455 e. The summed E-state index contributed by atoms with van der Waals surface area (Å²) in [6.07, 6.45) is 21.0. The molecule has 0 saturated carbocycles. The number of furan rings is 5. The summed E-state index contributed by atoms with van der Waals surface area (Å²) in [4.78, 5) is 31.5. The maximum Gasteiger partial charge on any atom is 0.286 e. The Morgan fingerprint density at radius 3 is 1.14 bits per heavy atom. The molecule has 125 heavy (non-hydrogen) atoms. The van der Waals surface area contributed by atoms with Gasteiger partial charge in [-0.05, 0) is 165 Å². The fourth-order valence-electron chi connectivity index (χ4n) is 17.7. The molecule has 0 spiro atoms. The molecule has 0 N–H and O–H groups in total. The van der Waals surface area contributed by atoms with E-state index in [1.807, 2.05) is 153 Å². The standard InChI is InChI=1S/3C22H17N2O.2C21H16N3O/c1-14-8-9-16-17-13-18-15(6-5-10-23-18)12-20(17)25-22(16)21(14)19-7-3-4-11-24(19)2;1-14-10-11-16-21-19(13-15-7-3-4-8-17(15)23-21)25-22(16)20(14)18-9-5-6-12-24(18)2;1-14-6-7-17-18-11-16-13-23-9-8-15(16)12-20(18)25-22(17)21(14)19-5-3-4-10-24(19)2;1-13-7-8-15-16-11-14-5-3-4-6-17(14)23-21(16)25-20(15)19(13)18-12-22-9-10-24(18)2;1-13-7-8-15-16-11-14-5-3-4-6-17(14)23-21(16)25-20(15)19(13)18-9-10-22-12-24(18)2/h3*3-13H,1-2H3;2*3-12H,1-2H3/q5*+1. The number of hydrogen-bond donors (Lipinski definition) is 0. The first-order valence-electron chi connectivity index (χ1n) is 41.6. The quantitative estimate of drug-likeness (QED) is 0.149. The zero-order valence-corrected chi connectivity index (χ0v) is 70.5. The Kier molecular flexibility index (Phi) is 19.0. The van der Waals surface area contributed by atoms with Gasteiger partial charge in [-0.25, -0.2) is 33.2 Å². The van der Waals surface area contributed by atoms with E-state index in [0.29, 0.717) is 11.4 Å². The normalized spacial score (nSPS) is 11.6. The number of para-hydroxylation sites is 3. The highest BCUT2D eigenvalue weighted by molar-refractivity contribution is 6.17. The molecule has 15 heterocycles. The van der Waals surface area contributed by atoms with Crippen LogP contribution >= 0.6 is 0 Å². The Bertz CT molecular complexity index is 7510. The minimum absolute atomic E-state index is 0.673. The van der Waals surface area contributed by atoms with Gasteiger partial charge in [-0.1, -0.05) is 120 Å². The minimum Gasteiger partial charge on any atom is -0.455 e. The molecule has 0 aliphatic carbocycles. The van der Waals surface area contributed by atoms with Crippen LogP contribution in [0.5, 0.6) is 0 Å². The summed E-state index contributed by atoms with van der Waals surface area (Å²) in [5.41, 5.74) is 30.3. The monoisotopic (exact) mass is 1630 g/mol. The molecule has 0 radical (unpaired) electrons. The maximum atomic E-state index is 6.35. The first-order chi connectivity index (χ1) is 61.1. The van der Waals surface area contributed by atoms with E-state index in [4.69, 9.17) is 37.0 Å². The van der Waals surface area contributed by atoms with Crippen LogP contribution in [0, 0.1) is 34.6 Å².